The minimum Gasteiger partial charge on any atom is -0.355 e. The Morgan fingerprint density at radius 3 is 3.00 bits per heavy atom. The van der Waals surface area contributed by atoms with Crippen molar-refractivity contribution in [1.29, 1.82) is 5.26 Å². The number of rotatable bonds is 6. The van der Waals surface area contributed by atoms with Crippen molar-refractivity contribution in [2.75, 3.05) is 13.1 Å². The summed E-state index contributed by atoms with van der Waals surface area (Å²) in [5.74, 6) is -0.268. The number of hydrogen-bond acceptors (Lipinski definition) is 3. The van der Waals surface area contributed by atoms with E-state index in [-0.39, 0.29) is 24.1 Å². The zero-order valence-electron chi connectivity index (χ0n) is 12.6. The summed E-state index contributed by atoms with van der Waals surface area (Å²) in [6.45, 7) is 1.24. The molecule has 0 spiro atoms. The number of nitriles is 1. The van der Waals surface area contributed by atoms with Crippen LogP contribution in [0.3, 0.4) is 0 Å². The molecule has 0 heterocycles. The Labute approximate surface area is 130 Å². The summed E-state index contributed by atoms with van der Waals surface area (Å²) in [4.78, 5) is 11.8. The van der Waals surface area contributed by atoms with Gasteiger partial charge in [0, 0.05) is 25.0 Å². The second kappa shape index (κ2) is 8.50. The molecule has 1 saturated carbocycles. The van der Waals surface area contributed by atoms with Gasteiger partial charge in [-0.3, -0.25) is 4.79 Å². The zero-order valence-corrected chi connectivity index (χ0v) is 12.6. The molecule has 0 aliphatic heterocycles. The Hall–Kier alpha value is -1.93. The number of nitrogens with one attached hydrogen (secondary N) is 2. The summed E-state index contributed by atoms with van der Waals surface area (Å²) < 4.78 is 13.0. The van der Waals surface area contributed by atoms with Crippen LogP contribution < -0.4 is 10.6 Å². The molecular weight excluding hydrogens is 281 g/mol. The van der Waals surface area contributed by atoms with Crippen molar-refractivity contribution in [2.24, 2.45) is 5.92 Å². The highest BCUT2D eigenvalue weighted by atomic mass is 19.1. The predicted octanol–water partition coefficient (Wildman–Crippen LogP) is 2.16. The molecular formula is C17H22FN3O. The third kappa shape index (κ3) is 5.45. The average Bonchev–Trinajstić information content (AvgIpc) is 2.52. The van der Waals surface area contributed by atoms with Crippen molar-refractivity contribution in [3.05, 3.63) is 35.6 Å². The topological polar surface area (TPSA) is 64.9 Å². The lowest BCUT2D eigenvalue weighted by Crippen LogP contribution is -2.39. The van der Waals surface area contributed by atoms with Crippen LogP contribution in [0.5, 0.6) is 0 Å². The van der Waals surface area contributed by atoms with Crippen LogP contribution in [-0.4, -0.2) is 25.0 Å². The van der Waals surface area contributed by atoms with Crippen LogP contribution in [0.25, 0.3) is 0 Å². The van der Waals surface area contributed by atoms with Crippen LogP contribution in [0.1, 0.15) is 31.2 Å². The van der Waals surface area contributed by atoms with Gasteiger partial charge in [0.1, 0.15) is 5.82 Å². The molecule has 0 unspecified atom stereocenters. The Morgan fingerprint density at radius 1 is 1.36 bits per heavy atom. The van der Waals surface area contributed by atoms with Crippen molar-refractivity contribution in [3.8, 4) is 6.07 Å². The van der Waals surface area contributed by atoms with Gasteiger partial charge in [0.2, 0.25) is 5.91 Å². The van der Waals surface area contributed by atoms with Crippen molar-refractivity contribution in [2.45, 2.75) is 38.1 Å². The molecule has 5 heteroatoms. The summed E-state index contributed by atoms with van der Waals surface area (Å²) in [6.07, 6.45) is 4.27. The predicted molar refractivity (Wildman–Crippen MR) is 82.5 cm³/mol. The molecule has 1 aromatic rings. The quantitative estimate of drug-likeness (QED) is 0.792. The lowest BCUT2D eigenvalue weighted by atomic mass is 9.87. The van der Waals surface area contributed by atoms with Crippen LogP contribution in [0.15, 0.2) is 24.3 Å². The SMILES string of the molecule is N#C[C@@H]1CCC[C@H](NCCNC(=O)Cc2cccc(F)c2)C1. The van der Waals surface area contributed by atoms with Gasteiger partial charge in [0.25, 0.3) is 0 Å². The molecule has 0 saturated heterocycles. The first-order valence-electron chi connectivity index (χ1n) is 7.81. The van der Waals surface area contributed by atoms with E-state index in [0.717, 1.165) is 25.7 Å². The highest BCUT2D eigenvalue weighted by molar-refractivity contribution is 5.78. The first-order chi connectivity index (χ1) is 10.7. The van der Waals surface area contributed by atoms with Crippen LogP contribution >= 0.6 is 0 Å². The molecule has 1 aromatic carbocycles. The average molecular weight is 303 g/mol. The maximum atomic E-state index is 13.0. The van der Waals surface area contributed by atoms with E-state index in [1.54, 1.807) is 12.1 Å². The van der Waals surface area contributed by atoms with E-state index < -0.39 is 0 Å². The van der Waals surface area contributed by atoms with E-state index in [4.69, 9.17) is 5.26 Å². The van der Waals surface area contributed by atoms with Crippen molar-refractivity contribution < 1.29 is 9.18 Å². The second-order valence-corrected chi connectivity index (χ2v) is 5.80. The number of hydrogen-bond donors (Lipinski definition) is 2. The van der Waals surface area contributed by atoms with Gasteiger partial charge in [-0.05, 0) is 37.0 Å². The Kier molecular flexibility index (Phi) is 6.35. The Bertz CT molecular complexity index is 541. The summed E-state index contributed by atoms with van der Waals surface area (Å²) in [5, 5.41) is 15.2. The molecule has 118 valence electrons. The van der Waals surface area contributed by atoms with Gasteiger partial charge in [-0.1, -0.05) is 18.6 Å². The molecule has 0 radical (unpaired) electrons. The van der Waals surface area contributed by atoms with Gasteiger partial charge in [0.05, 0.1) is 12.5 Å². The molecule has 2 rings (SSSR count). The van der Waals surface area contributed by atoms with E-state index in [1.165, 1.54) is 12.1 Å². The van der Waals surface area contributed by atoms with Gasteiger partial charge in [-0.15, -0.1) is 0 Å². The van der Waals surface area contributed by atoms with Gasteiger partial charge < -0.3 is 10.6 Å². The van der Waals surface area contributed by atoms with Crippen molar-refractivity contribution in [3.63, 3.8) is 0 Å². The largest absolute Gasteiger partial charge is 0.355 e. The Balaban J connectivity index is 1.62. The maximum absolute atomic E-state index is 13.0. The third-order valence-corrected chi connectivity index (χ3v) is 3.99. The van der Waals surface area contributed by atoms with Gasteiger partial charge >= 0.3 is 0 Å². The monoisotopic (exact) mass is 303 g/mol. The van der Waals surface area contributed by atoms with Crippen molar-refractivity contribution in [1.82, 2.24) is 10.6 Å². The minimum atomic E-state index is -0.323. The summed E-state index contributed by atoms with van der Waals surface area (Å²) >= 11 is 0. The molecule has 1 aliphatic rings. The van der Waals surface area contributed by atoms with E-state index in [1.807, 2.05) is 0 Å². The number of carbonyl (C=O) groups is 1. The minimum absolute atomic E-state index is 0.106. The lowest BCUT2D eigenvalue weighted by molar-refractivity contribution is -0.120. The van der Waals surface area contributed by atoms with E-state index in [2.05, 4.69) is 16.7 Å². The van der Waals surface area contributed by atoms with Crippen LogP contribution in [0.4, 0.5) is 4.39 Å². The first kappa shape index (κ1) is 16.4. The van der Waals surface area contributed by atoms with Gasteiger partial charge in [0.15, 0.2) is 0 Å². The summed E-state index contributed by atoms with van der Waals surface area (Å²) in [7, 11) is 0. The van der Waals surface area contributed by atoms with Crippen LogP contribution in [-0.2, 0) is 11.2 Å². The maximum Gasteiger partial charge on any atom is 0.224 e. The molecule has 1 fully saturated rings. The highest BCUT2D eigenvalue weighted by Crippen LogP contribution is 2.23. The van der Waals surface area contributed by atoms with Crippen molar-refractivity contribution >= 4 is 5.91 Å². The van der Waals surface area contributed by atoms with Gasteiger partial charge in [-0.2, -0.15) is 5.26 Å². The summed E-state index contributed by atoms with van der Waals surface area (Å²) in [6, 6.07) is 8.80. The smallest absolute Gasteiger partial charge is 0.224 e. The molecule has 1 amide bonds. The third-order valence-electron chi connectivity index (χ3n) is 3.99. The number of carbonyl (C=O) groups excluding carboxylic acids is 1. The normalized spacial score (nSPS) is 21.1. The number of halogens is 1. The second-order valence-electron chi connectivity index (χ2n) is 5.80. The van der Waals surface area contributed by atoms with Gasteiger partial charge in [-0.25, -0.2) is 4.39 Å². The number of benzene rings is 1. The fourth-order valence-electron chi connectivity index (χ4n) is 2.87. The standard InChI is InChI=1S/C17H22FN3O/c18-15-5-1-3-13(9-15)11-17(22)21-8-7-20-16-6-2-4-14(10-16)12-19/h1,3,5,9,14,16,20H,2,4,6-8,10-11H2,(H,21,22)/t14-,16+/m1/s1. The fraction of sp³-hybridized carbons (Fsp3) is 0.529. The lowest BCUT2D eigenvalue weighted by Gasteiger charge is -2.26. The zero-order chi connectivity index (χ0) is 15.8. The van der Waals surface area contributed by atoms with Crippen LogP contribution in [0, 0.1) is 23.1 Å². The molecule has 2 atom stereocenters. The highest BCUT2D eigenvalue weighted by Gasteiger charge is 2.20. The number of amides is 1. The molecule has 0 aromatic heterocycles. The molecule has 2 N–H and O–H groups in total. The molecule has 1 aliphatic carbocycles. The molecule has 0 bridgehead atoms. The van der Waals surface area contributed by atoms with Crippen LogP contribution in [0.2, 0.25) is 0 Å². The van der Waals surface area contributed by atoms with E-state index in [9.17, 15) is 9.18 Å². The first-order valence-corrected chi connectivity index (χ1v) is 7.81. The summed E-state index contributed by atoms with van der Waals surface area (Å²) in [5.41, 5.74) is 0.676. The number of nitrogens with zero attached hydrogens (tertiary/aromatic N) is 1. The van der Waals surface area contributed by atoms with E-state index in [0.29, 0.717) is 24.7 Å². The molecule has 4 nitrogen and oxygen atoms in total. The van der Waals surface area contributed by atoms with E-state index >= 15 is 0 Å². The Morgan fingerprint density at radius 2 is 2.23 bits per heavy atom. The molecule has 22 heavy (non-hydrogen) atoms. The fourth-order valence-corrected chi connectivity index (χ4v) is 2.87.